The van der Waals surface area contributed by atoms with Gasteiger partial charge in [0.1, 0.15) is 5.75 Å². The minimum absolute atomic E-state index is 0.835. The Balaban J connectivity index is 1.61. The predicted molar refractivity (Wildman–Crippen MR) is 84.9 cm³/mol. The number of ether oxygens (including phenoxy) is 1. The lowest BCUT2D eigenvalue weighted by Crippen LogP contribution is -1.98. The van der Waals surface area contributed by atoms with Gasteiger partial charge in [-0.2, -0.15) is 0 Å². The first kappa shape index (κ1) is 15.4. The predicted octanol–water partition coefficient (Wildman–Crippen LogP) is 5.18. The van der Waals surface area contributed by atoms with E-state index in [2.05, 4.69) is 56.9 Å². The van der Waals surface area contributed by atoms with Gasteiger partial charge in [0.25, 0.3) is 0 Å². The van der Waals surface area contributed by atoms with Gasteiger partial charge in [0.05, 0.1) is 6.61 Å². The van der Waals surface area contributed by atoms with Crippen molar-refractivity contribution in [3.8, 4) is 5.75 Å². The maximum atomic E-state index is 5.78. The lowest BCUT2D eigenvalue weighted by molar-refractivity contribution is 0.304. The van der Waals surface area contributed by atoms with Crippen LogP contribution >= 0.6 is 0 Å². The first-order chi connectivity index (χ1) is 9.90. The van der Waals surface area contributed by atoms with Crippen LogP contribution in [-0.4, -0.2) is 6.61 Å². The smallest absolute Gasteiger partial charge is 0.119 e. The van der Waals surface area contributed by atoms with Crippen molar-refractivity contribution in [1.82, 2.24) is 0 Å². The molecule has 1 saturated carbocycles. The van der Waals surface area contributed by atoms with Crippen LogP contribution in [0.3, 0.4) is 0 Å². The van der Waals surface area contributed by atoms with Crippen LogP contribution in [0.4, 0.5) is 0 Å². The molecule has 1 fully saturated rings. The normalized spacial score (nSPS) is 15.7. The van der Waals surface area contributed by atoms with E-state index in [1.807, 2.05) is 0 Å². The van der Waals surface area contributed by atoms with Gasteiger partial charge in [-0.25, -0.2) is 0 Å². The molecule has 1 aromatic carbocycles. The largest absolute Gasteiger partial charge is 0.494 e. The van der Waals surface area contributed by atoms with Gasteiger partial charge in [0.2, 0.25) is 0 Å². The lowest BCUT2D eigenvalue weighted by atomic mass is 9.98. The molecule has 0 aromatic heterocycles. The van der Waals surface area contributed by atoms with E-state index in [-0.39, 0.29) is 0 Å². The van der Waals surface area contributed by atoms with E-state index in [1.165, 1.54) is 43.6 Å². The standard InChI is InChI=1S/C19H25O/c1-2-3-4-5-6-9-16-20-19-14-12-18(13-15-19)17-10-7-8-11-17/h7-8,10-15H,2-6,9,16H2,1H3. The number of rotatable bonds is 9. The zero-order valence-corrected chi connectivity index (χ0v) is 12.5. The number of hydrogen-bond donors (Lipinski definition) is 0. The molecule has 0 aliphatic heterocycles. The Labute approximate surface area is 124 Å². The Morgan fingerprint density at radius 1 is 0.800 bits per heavy atom. The van der Waals surface area contributed by atoms with Gasteiger partial charge < -0.3 is 4.74 Å². The molecule has 2 rings (SSSR count). The third-order valence-electron chi connectivity index (χ3n) is 3.62. The molecule has 0 saturated heterocycles. The summed E-state index contributed by atoms with van der Waals surface area (Å²) in [6.45, 7) is 3.09. The summed E-state index contributed by atoms with van der Waals surface area (Å²) in [4.78, 5) is 0. The molecule has 0 unspecified atom stereocenters. The Bertz CT molecular complexity index is 349. The molecule has 0 spiro atoms. The number of benzene rings is 1. The lowest BCUT2D eigenvalue weighted by Gasteiger charge is -2.10. The summed E-state index contributed by atoms with van der Waals surface area (Å²) in [5.74, 6) is 2.25. The highest BCUT2D eigenvalue weighted by Gasteiger charge is 2.18. The SMILES string of the molecule is CCCCCCCCOc1ccc([C]2[CH][CH][CH][CH]2)cc1. The van der Waals surface area contributed by atoms with Gasteiger partial charge in [0.15, 0.2) is 0 Å². The molecular weight excluding hydrogens is 244 g/mol. The summed E-state index contributed by atoms with van der Waals surface area (Å²) in [6.07, 6.45) is 16.2. The van der Waals surface area contributed by atoms with E-state index in [4.69, 9.17) is 4.74 Å². The molecule has 0 N–H and O–H groups in total. The topological polar surface area (TPSA) is 9.23 Å². The van der Waals surface area contributed by atoms with Crippen LogP contribution in [0.1, 0.15) is 51.0 Å². The highest BCUT2D eigenvalue weighted by atomic mass is 16.5. The molecule has 1 aliphatic carbocycles. The zero-order chi connectivity index (χ0) is 14.0. The summed E-state index contributed by atoms with van der Waals surface area (Å²) in [7, 11) is 0. The molecule has 20 heavy (non-hydrogen) atoms. The van der Waals surface area contributed by atoms with Crippen LogP contribution < -0.4 is 4.74 Å². The van der Waals surface area contributed by atoms with Crippen molar-refractivity contribution in [2.75, 3.05) is 6.61 Å². The maximum absolute atomic E-state index is 5.78. The van der Waals surface area contributed by atoms with E-state index in [9.17, 15) is 0 Å². The Kier molecular flexibility index (Phi) is 6.97. The third-order valence-corrected chi connectivity index (χ3v) is 3.62. The molecule has 1 heteroatoms. The van der Waals surface area contributed by atoms with Crippen molar-refractivity contribution in [1.29, 1.82) is 0 Å². The van der Waals surface area contributed by atoms with Gasteiger partial charge in [-0.05, 0) is 49.8 Å². The fourth-order valence-corrected chi connectivity index (χ4v) is 2.38. The second kappa shape index (κ2) is 9.05. The fraction of sp³-hybridized carbons (Fsp3) is 0.421. The molecule has 0 amide bonds. The Hall–Kier alpha value is -0.980. The maximum Gasteiger partial charge on any atom is 0.119 e. The molecule has 107 valence electrons. The van der Waals surface area contributed by atoms with Gasteiger partial charge in [-0.3, -0.25) is 0 Å². The monoisotopic (exact) mass is 269 g/mol. The summed E-state index contributed by atoms with van der Waals surface area (Å²) in [5.41, 5.74) is 1.25. The van der Waals surface area contributed by atoms with Crippen molar-refractivity contribution in [2.24, 2.45) is 0 Å². The Morgan fingerprint density at radius 3 is 2.15 bits per heavy atom. The highest BCUT2D eigenvalue weighted by molar-refractivity contribution is 5.50. The van der Waals surface area contributed by atoms with E-state index >= 15 is 0 Å². The summed E-state index contributed by atoms with van der Waals surface area (Å²) in [5, 5.41) is 0. The van der Waals surface area contributed by atoms with Crippen LogP contribution in [0.15, 0.2) is 24.3 Å². The van der Waals surface area contributed by atoms with Gasteiger partial charge in [-0.15, -0.1) is 0 Å². The first-order valence-electron chi connectivity index (χ1n) is 7.85. The quantitative estimate of drug-likeness (QED) is 0.561. The molecule has 5 radical (unpaired) electrons. The van der Waals surface area contributed by atoms with Gasteiger partial charge in [0, 0.05) is 5.92 Å². The molecule has 1 aliphatic rings. The molecule has 0 atom stereocenters. The molecular formula is C19H25O. The van der Waals surface area contributed by atoms with E-state index in [0.717, 1.165) is 18.8 Å². The zero-order valence-electron chi connectivity index (χ0n) is 12.5. The molecule has 0 heterocycles. The van der Waals surface area contributed by atoms with Crippen LogP contribution in [0.2, 0.25) is 0 Å². The second-order valence-corrected chi connectivity index (χ2v) is 5.31. The van der Waals surface area contributed by atoms with Crippen LogP contribution in [0.25, 0.3) is 0 Å². The van der Waals surface area contributed by atoms with Crippen LogP contribution in [-0.2, 0) is 0 Å². The Morgan fingerprint density at radius 2 is 1.45 bits per heavy atom. The summed E-state index contributed by atoms with van der Waals surface area (Å²) < 4.78 is 5.78. The van der Waals surface area contributed by atoms with Gasteiger partial charge in [-0.1, -0.05) is 51.2 Å². The highest BCUT2D eigenvalue weighted by Crippen LogP contribution is 2.30. The first-order valence-corrected chi connectivity index (χ1v) is 7.85. The average Bonchev–Trinajstić information content (AvgIpc) is 3.01. The van der Waals surface area contributed by atoms with Crippen LogP contribution in [0, 0.1) is 31.6 Å². The molecule has 1 aromatic rings. The third kappa shape index (κ3) is 5.19. The minimum Gasteiger partial charge on any atom is -0.494 e. The van der Waals surface area contributed by atoms with Crippen molar-refractivity contribution in [3.05, 3.63) is 61.4 Å². The van der Waals surface area contributed by atoms with Gasteiger partial charge >= 0.3 is 0 Å². The fourth-order valence-electron chi connectivity index (χ4n) is 2.38. The van der Waals surface area contributed by atoms with Crippen molar-refractivity contribution in [3.63, 3.8) is 0 Å². The number of hydrogen-bond acceptors (Lipinski definition) is 1. The van der Waals surface area contributed by atoms with E-state index in [0.29, 0.717) is 0 Å². The summed E-state index contributed by atoms with van der Waals surface area (Å²) >= 11 is 0. The molecule has 1 nitrogen and oxygen atoms in total. The second-order valence-electron chi connectivity index (χ2n) is 5.31. The van der Waals surface area contributed by atoms with Crippen LogP contribution in [0.5, 0.6) is 5.75 Å². The van der Waals surface area contributed by atoms with Crippen molar-refractivity contribution < 1.29 is 4.74 Å². The number of unbranched alkanes of at least 4 members (excludes halogenated alkanes) is 5. The van der Waals surface area contributed by atoms with E-state index in [1.54, 1.807) is 0 Å². The average molecular weight is 269 g/mol. The minimum atomic E-state index is 0.835. The molecule has 0 bridgehead atoms. The van der Waals surface area contributed by atoms with E-state index < -0.39 is 0 Å². The van der Waals surface area contributed by atoms with Crippen molar-refractivity contribution >= 4 is 0 Å². The van der Waals surface area contributed by atoms with Crippen molar-refractivity contribution in [2.45, 2.75) is 45.4 Å². The summed E-state index contributed by atoms with van der Waals surface area (Å²) in [6, 6.07) is 8.40.